The standard InChI is InChI=1S/C14H12O3.C14H12O2/c1-11-2-4-13(5-3-11)17-14-8-6-12(7-9-14)16-10-15;1-11-2-4-12(5-3-11)13-6-8-14(9-7-13)16-10-15/h2-10H,1H3;2-10H,1H3. The maximum Gasteiger partial charge on any atom is 0.298 e. The molecule has 0 aliphatic heterocycles. The molecule has 0 bridgehead atoms. The van der Waals surface area contributed by atoms with Gasteiger partial charge in [-0.25, -0.2) is 0 Å². The fourth-order valence-electron chi connectivity index (χ4n) is 2.91. The topological polar surface area (TPSA) is 61.8 Å². The van der Waals surface area contributed by atoms with E-state index >= 15 is 0 Å². The molecule has 5 nitrogen and oxygen atoms in total. The van der Waals surface area contributed by atoms with Crippen LogP contribution in [0.1, 0.15) is 11.1 Å². The molecule has 0 aromatic heterocycles. The van der Waals surface area contributed by atoms with Crippen LogP contribution in [0.25, 0.3) is 11.1 Å². The second-order valence-electron chi connectivity index (χ2n) is 7.21. The average molecular weight is 440 g/mol. The first-order chi connectivity index (χ1) is 16.1. The molecule has 33 heavy (non-hydrogen) atoms. The van der Waals surface area contributed by atoms with Crippen LogP contribution in [0.3, 0.4) is 0 Å². The number of carbonyl (C=O) groups is 2. The van der Waals surface area contributed by atoms with Gasteiger partial charge in [-0.1, -0.05) is 59.7 Å². The van der Waals surface area contributed by atoms with Crippen molar-refractivity contribution < 1.29 is 23.8 Å². The molecule has 0 aliphatic rings. The second-order valence-corrected chi connectivity index (χ2v) is 7.21. The Labute approximate surface area is 193 Å². The Morgan fingerprint density at radius 1 is 0.455 bits per heavy atom. The van der Waals surface area contributed by atoms with E-state index in [1.165, 1.54) is 11.1 Å². The van der Waals surface area contributed by atoms with Crippen LogP contribution >= 0.6 is 0 Å². The molecule has 5 heteroatoms. The average Bonchev–Trinajstić information content (AvgIpc) is 2.84. The molecule has 4 rings (SSSR count). The summed E-state index contributed by atoms with van der Waals surface area (Å²) in [6, 6.07) is 30.4. The first kappa shape index (κ1) is 23.3. The van der Waals surface area contributed by atoms with Crippen molar-refractivity contribution >= 4 is 12.9 Å². The van der Waals surface area contributed by atoms with Gasteiger partial charge in [-0.2, -0.15) is 0 Å². The van der Waals surface area contributed by atoms with Crippen LogP contribution in [0.4, 0.5) is 0 Å². The lowest BCUT2D eigenvalue weighted by Gasteiger charge is -2.06. The highest BCUT2D eigenvalue weighted by molar-refractivity contribution is 5.64. The van der Waals surface area contributed by atoms with Crippen molar-refractivity contribution in [2.45, 2.75) is 13.8 Å². The van der Waals surface area contributed by atoms with Gasteiger partial charge < -0.3 is 14.2 Å². The van der Waals surface area contributed by atoms with Gasteiger partial charge in [0.05, 0.1) is 0 Å². The zero-order chi connectivity index (χ0) is 23.5. The summed E-state index contributed by atoms with van der Waals surface area (Å²) in [5, 5.41) is 0. The van der Waals surface area contributed by atoms with Gasteiger partial charge in [0.15, 0.2) is 0 Å². The van der Waals surface area contributed by atoms with Gasteiger partial charge in [-0.05, 0) is 73.5 Å². The van der Waals surface area contributed by atoms with E-state index in [0.29, 0.717) is 30.2 Å². The highest BCUT2D eigenvalue weighted by Gasteiger charge is 1.99. The maximum atomic E-state index is 10.1. The molecule has 0 aliphatic carbocycles. The van der Waals surface area contributed by atoms with Crippen molar-refractivity contribution in [2.75, 3.05) is 0 Å². The smallest absolute Gasteiger partial charge is 0.298 e. The Kier molecular flexibility index (Phi) is 8.37. The molecule has 0 saturated carbocycles. The first-order valence-corrected chi connectivity index (χ1v) is 10.3. The third kappa shape index (κ3) is 7.36. The van der Waals surface area contributed by atoms with Gasteiger partial charge >= 0.3 is 0 Å². The molecule has 0 atom stereocenters. The van der Waals surface area contributed by atoms with E-state index in [0.717, 1.165) is 16.9 Å². The van der Waals surface area contributed by atoms with Gasteiger partial charge in [0.1, 0.15) is 23.0 Å². The summed E-state index contributed by atoms with van der Waals surface area (Å²) in [6.07, 6.45) is 0. The predicted molar refractivity (Wildman–Crippen MR) is 128 cm³/mol. The fraction of sp³-hybridized carbons (Fsp3) is 0.0714. The molecule has 0 amide bonds. The van der Waals surface area contributed by atoms with Gasteiger partial charge in [-0.15, -0.1) is 0 Å². The van der Waals surface area contributed by atoms with E-state index in [1.54, 1.807) is 36.4 Å². The van der Waals surface area contributed by atoms with Crippen molar-refractivity contribution in [3.05, 3.63) is 108 Å². The minimum atomic E-state index is 0.399. The van der Waals surface area contributed by atoms with E-state index < -0.39 is 0 Å². The van der Waals surface area contributed by atoms with E-state index in [1.807, 2.05) is 43.3 Å². The van der Waals surface area contributed by atoms with Gasteiger partial charge in [0, 0.05) is 0 Å². The number of rotatable bonds is 7. The monoisotopic (exact) mass is 440 g/mol. The zero-order valence-corrected chi connectivity index (χ0v) is 18.4. The quantitative estimate of drug-likeness (QED) is 0.306. The van der Waals surface area contributed by atoms with E-state index in [-0.39, 0.29) is 0 Å². The lowest BCUT2D eigenvalue weighted by atomic mass is 10.0. The van der Waals surface area contributed by atoms with Crippen LogP contribution in [0, 0.1) is 13.8 Å². The molecule has 0 radical (unpaired) electrons. The lowest BCUT2D eigenvalue weighted by Crippen LogP contribution is -1.88. The van der Waals surface area contributed by atoms with Gasteiger partial charge in [0.25, 0.3) is 12.9 Å². The van der Waals surface area contributed by atoms with Crippen LogP contribution < -0.4 is 14.2 Å². The van der Waals surface area contributed by atoms with Crippen LogP contribution in [0.15, 0.2) is 97.1 Å². The van der Waals surface area contributed by atoms with Crippen molar-refractivity contribution in [1.29, 1.82) is 0 Å². The Morgan fingerprint density at radius 3 is 1.18 bits per heavy atom. The number of hydrogen-bond acceptors (Lipinski definition) is 5. The summed E-state index contributed by atoms with van der Waals surface area (Å²) in [7, 11) is 0. The molecule has 0 heterocycles. The van der Waals surface area contributed by atoms with Crippen molar-refractivity contribution in [3.63, 3.8) is 0 Å². The highest BCUT2D eigenvalue weighted by atomic mass is 16.5. The summed E-state index contributed by atoms with van der Waals surface area (Å²) in [4.78, 5) is 20.3. The third-order valence-electron chi connectivity index (χ3n) is 4.69. The maximum absolute atomic E-state index is 10.1. The molecule has 4 aromatic rings. The van der Waals surface area contributed by atoms with Gasteiger partial charge in [0.2, 0.25) is 0 Å². The minimum Gasteiger partial charge on any atom is -0.457 e. The number of benzene rings is 4. The van der Waals surface area contributed by atoms with E-state index in [4.69, 9.17) is 14.2 Å². The Balaban J connectivity index is 0.000000186. The molecule has 0 fully saturated rings. The Hall–Kier alpha value is -4.38. The van der Waals surface area contributed by atoms with Crippen LogP contribution in [0.5, 0.6) is 23.0 Å². The summed E-state index contributed by atoms with van der Waals surface area (Å²) in [6.45, 7) is 4.91. The summed E-state index contributed by atoms with van der Waals surface area (Å²) in [5.74, 6) is 2.54. The molecule has 0 unspecified atom stereocenters. The number of carbonyl (C=O) groups excluding carboxylic acids is 2. The zero-order valence-electron chi connectivity index (χ0n) is 18.4. The van der Waals surface area contributed by atoms with Crippen LogP contribution in [-0.4, -0.2) is 12.9 Å². The summed E-state index contributed by atoms with van der Waals surface area (Å²) < 4.78 is 15.0. The molecule has 166 valence electrons. The summed E-state index contributed by atoms with van der Waals surface area (Å²) in [5.41, 5.74) is 4.69. The van der Waals surface area contributed by atoms with Crippen molar-refractivity contribution in [2.24, 2.45) is 0 Å². The normalized spacial score (nSPS) is 9.76. The molecule has 0 spiro atoms. The van der Waals surface area contributed by atoms with Crippen molar-refractivity contribution in [3.8, 4) is 34.1 Å². The Morgan fingerprint density at radius 2 is 0.758 bits per heavy atom. The Bertz CT molecular complexity index is 1150. The van der Waals surface area contributed by atoms with E-state index in [9.17, 15) is 9.59 Å². The largest absolute Gasteiger partial charge is 0.457 e. The van der Waals surface area contributed by atoms with Gasteiger partial charge in [-0.3, -0.25) is 9.59 Å². The third-order valence-corrected chi connectivity index (χ3v) is 4.69. The fourth-order valence-corrected chi connectivity index (χ4v) is 2.91. The number of aryl methyl sites for hydroxylation is 2. The molecular weight excluding hydrogens is 416 g/mol. The van der Waals surface area contributed by atoms with E-state index in [2.05, 4.69) is 31.2 Å². The molecule has 0 N–H and O–H groups in total. The predicted octanol–water partition coefficient (Wildman–Crippen LogP) is 6.52. The number of hydrogen-bond donors (Lipinski definition) is 0. The second kappa shape index (κ2) is 11.9. The van der Waals surface area contributed by atoms with Crippen LogP contribution in [-0.2, 0) is 9.59 Å². The minimum absolute atomic E-state index is 0.399. The van der Waals surface area contributed by atoms with Crippen LogP contribution in [0.2, 0.25) is 0 Å². The van der Waals surface area contributed by atoms with Crippen molar-refractivity contribution in [1.82, 2.24) is 0 Å². The first-order valence-electron chi connectivity index (χ1n) is 10.3. The molecular formula is C28H24O5. The SMILES string of the molecule is Cc1ccc(-c2ccc(OC=O)cc2)cc1.Cc1ccc(Oc2ccc(OC=O)cc2)cc1. The lowest BCUT2D eigenvalue weighted by molar-refractivity contribution is -0.121. The molecule has 4 aromatic carbocycles. The highest BCUT2D eigenvalue weighted by Crippen LogP contribution is 2.24. The number of ether oxygens (including phenoxy) is 3. The molecule has 0 saturated heterocycles. The summed E-state index contributed by atoms with van der Waals surface area (Å²) >= 11 is 0.